The van der Waals surface area contributed by atoms with Crippen molar-refractivity contribution in [3.05, 3.63) is 22.5 Å². The maximum absolute atomic E-state index is 4.89. The van der Waals surface area contributed by atoms with Crippen molar-refractivity contribution in [2.45, 2.75) is 6.92 Å². The Morgan fingerprint density at radius 3 is 3.25 bits per heavy atom. The Morgan fingerprint density at radius 1 is 1.75 bits per heavy atom. The number of nitrogens with one attached hydrogen (secondary N) is 1. The monoisotopic (exact) mass is 180 g/mol. The topological polar surface area (TPSA) is 46.5 Å². The van der Waals surface area contributed by atoms with Gasteiger partial charge in [-0.05, 0) is 6.92 Å². The molecule has 0 saturated heterocycles. The normalized spacial score (nSPS) is 18.8. The second-order valence-electron chi connectivity index (χ2n) is 2.21. The SMILES string of the molecule is CC(=C1N[C]=NO1)c1nccs1. The van der Waals surface area contributed by atoms with Gasteiger partial charge in [-0.3, -0.25) is 0 Å². The lowest BCUT2D eigenvalue weighted by Crippen LogP contribution is -2.05. The van der Waals surface area contributed by atoms with Crippen molar-refractivity contribution in [2.75, 3.05) is 0 Å². The molecule has 1 aromatic rings. The van der Waals surface area contributed by atoms with Crippen molar-refractivity contribution >= 4 is 23.2 Å². The molecule has 0 bridgehead atoms. The Bertz CT molecular complexity index is 318. The third-order valence-electron chi connectivity index (χ3n) is 1.45. The van der Waals surface area contributed by atoms with E-state index in [4.69, 9.17) is 4.84 Å². The van der Waals surface area contributed by atoms with Gasteiger partial charge < -0.3 is 10.2 Å². The van der Waals surface area contributed by atoms with Crippen molar-refractivity contribution < 1.29 is 4.84 Å². The third-order valence-corrected chi connectivity index (χ3v) is 2.34. The van der Waals surface area contributed by atoms with Crippen molar-refractivity contribution in [1.29, 1.82) is 0 Å². The summed E-state index contributed by atoms with van der Waals surface area (Å²) in [7, 11) is 0. The second kappa shape index (κ2) is 2.94. The van der Waals surface area contributed by atoms with Gasteiger partial charge in [0.05, 0.1) is 0 Å². The van der Waals surface area contributed by atoms with E-state index in [2.05, 4.69) is 21.8 Å². The fraction of sp³-hybridized carbons (Fsp3) is 0.143. The molecule has 12 heavy (non-hydrogen) atoms. The number of aromatic nitrogens is 1. The van der Waals surface area contributed by atoms with Crippen LogP contribution in [0.3, 0.4) is 0 Å². The number of thiazole rings is 1. The molecule has 0 aromatic carbocycles. The van der Waals surface area contributed by atoms with E-state index in [1.807, 2.05) is 12.3 Å². The molecule has 1 radical (unpaired) electrons. The highest BCUT2D eigenvalue weighted by Crippen LogP contribution is 2.20. The quantitative estimate of drug-likeness (QED) is 0.708. The Balaban J connectivity index is 2.30. The van der Waals surface area contributed by atoms with E-state index in [-0.39, 0.29) is 0 Å². The predicted molar refractivity (Wildman–Crippen MR) is 46.4 cm³/mol. The first-order chi connectivity index (χ1) is 5.88. The fourth-order valence-corrected chi connectivity index (χ4v) is 1.47. The van der Waals surface area contributed by atoms with E-state index in [9.17, 15) is 0 Å². The predicted octanol–water partition coefficient (Wildman–Crippen LogP) is 1.27. The summed E-state index contributed by atoms with van der Waals surface area (Å²) in [5, 5.41) is 9.05. The lowest BCUT2D eigenvalue weighted by Gasteiger charge is -1.99. The van der Waals surface area contributed by atoms with Crippen LogP contribution in [0.2, 0.25) is 0 Å². The first-order valence-electron chi connectivity index (χ1n) is 3.37. The lowest BCUT2D eigenvalue weighted by atomic mass is 10.3. The van der Waals surface area contributed by atoms with Crippen LogP contribution in [0.1, 0.15) is 11.9 Å². The summed E-state index contributed by atoms with van der Waals surface area (Å²) in [6.07, 6.45) is 4.24. The molecule has 2 rings (SSSR count). The molecule has 0 atom stereocenters. The maximum Gasteiger partial charge on any atom is 0.234 e. The van der Waals surface area contributed by atoms with Crippen LogP contribution in [0.5, 0.6) is 0 Å². The highest BCUT2D eigenvalue weighted by Gasteiger charge is 2.11. The summed E-state index contributed by atoms with van der Waals surface area (Å²) in [4.78, 5) is 9.02. The standard InChI is InChI=1S/C7H6N3OS/c1-5(6-9-4-10-11-6)7-8-2-3-12-7/h2-3H,1H3,(H,9,10). The van der Waals surface area contributed by atoms with Gasteiger partial charge >= 0.3 is 0 Å². The average Bonchev–Trinajstić information content (AvgIpc) is 2.77. The van der Waals surface area contributed by atoms with Gasteiger partial charge in [-0.15, -0.1) is 11.3 Å². The molecular weight excluding hydrogens is 174 g/mol. The van der Waals surface area contributed by atoms with E-state index in [1.165, 1.54) is 0 Å². The summed E-state index contributed by atoms with van der Waals surface area (Å²) >= 11 is 1.56. The number of nitrogens with zero attached hydrogens (tertiary/aromatic N) is 2. The average molecular weight is 180 g/mol. The molecule has 5 heteroatoms. The van der Waals surface area contributed by atoms with Crippen LogP contribution in [0.15, 0.2) is 22.6 Å². The van der Waals surface area contributed by atoms with Crippen LogP contribution in [0, 0.1) is 0 Å². The zero-order valence-electron chi connectivity index (χ0n) is 6.37. The molecule has 0 aliphatic carbocycles. The molecule has 0 unspecified atom stereocenters. The van der Waals surface area contributed by atoms with Gasteiger partial charge in [-0.25, -0.2) is 4.98 Å². The summed E-state index contributed by atoms with van der Waals surface area (Å²) < 4.78 is 0. The van der Waals surface area contributed by atoms with Crippen molar-refractivity contribution in [2.24, 2.45) is 5.16 Å². The molecule has 2 heterocycles. The van der Waals surface area contributed by atoms with Gasteiger partial charge in [-0.2, -0.15) is 0 Å². The summed E-state index contributed by atoms with van der Waals surface area (Å²) in [6.45, 7) is 1.92. The Labute approximate surface area is 73.6 Å². The minimum Gasteiger partial charge on any atom is -0.336 e. The van der Waals surface area contributed by atoms with Crippen LogP contribution >= 0.6 is 11.3 Å². The van der Waals surface area contributed by atoms with Gasteiger partial charge in [0.1, 0.15) is 5.01 Å². The number of hydrogen-bond donors (Lipinski definition) is 1. The van der Waals surface area contributed by atoms with Crippen LogP contribution in [-0.2, 0) is 4.84 Å². The largest absolute Gasteiger partial charge is 0.336 e. The first-order valence-corrected chi connectivity index (χ1v) is 4.24. The molecule has 1 aliphatic heterocycles. The van der Waals surface area contributed by atoms with Crippen LogP contribution < -0.4 is 5.32 Å². The van der Waals surface area contributed by atoms with E-state index in [0.717, 1.165) is 10.6 Å². The molecule has 4 nitrogen and oxygen atoms in total. The van der Waals surface area contributed by atoms with Crippen molar-refractivity contribution in [1.82, 2.24) is 10.3 Å². The molecule has 1 aliphatic rings. The van der Waals surface area contributed by atoms with E-state index in [0.29, 0.717) is 5.88 Å². The summed E-state index contributed by atoms with van der Waals surface area (Å²) in [5.74, 6) is 0.602. The molecule has 1 aromatic heterocycles. The van der Waals surface area contributed by atoms with Gasteiger partial charge in [0.25, 0.3) is 0 Å². The number of allylic oxidation sites excluding steroid dienone is 1. The van der Waals surface area contributed by atoms with E-state index < -0.39 is 0 Å². The highest BCUT2D eigenvalue weighted by molar-refractivity contribution is 7.10. The van der Waals surface area contributed by atoms with Crippen LogP contribution in [0.4, 0.5) is 0 Å². The first kappa shape index (κ1) is 7.30. The molecule has 0 spiro atoms. The minimum atomic E-state index is 0.602. The zero-order chi connectivity index (χ0) is 8.39. The van der Waals surface area contributed by atoms with Crippen molar-refractivity contribution in [3.63, 3.8) is 0 Å². The molecule has 0 amide bonds. The Kier molecular flexibility index (Phi) is 1.79. The second-order valence-corrected chi connectivity index (χ2v) is 3.11. The van der Waals surface area contributed by atoms with Crippen LogP contribution in [0.25, 0.3) is 5.57 Å². The van der Waals surface area contributed by atoms with Crippen LogP contribution in [-0.4, -0.2) is 11.3 Å². The molecule has 61 valence electrons. The highest BCUT2D eigenvalue weighted by atomic mass is 32.1. The molecule has 0 fully saturated rings. The van der Waals surface area contributed by atoms with Gasteiger partial charge in [-0.1, -0.05) is 5.16 Å². The summed E-state index contributed by atoms with van der Waals surface area (Å²) in [5.41, 5.74) is 0.943. The lowest BCUT2D eigenvalue weighted by molar-refractivity contribution is 0.240. The van der Waals surface area contributed by atoms with E-state index in [1.54, 1.807) is 17.5 Å². The minimum absolute atomic E-state index is 0.602. The summed E-state index contributed by atoms with van der Waals surface area (Å²) in [6, 6.07) is 0. The Morgan fingerprint density at radius 2 is 2.67 bits per heavy atom. The Hall–Kier alpha value is -1.36. The number of hydrogen-bond acceptors (Lipinski definition) is 5. The fourth-order valence-electron chi connectivity index (χ4n) is 0.833. The number of rotatable bonds is 1. The maximum atomic E-state index is 4.89. The molecular formula is C7H6N3OS. The third kappa shape index (κ3) is 1.18. The van der Waals surface area contributed by atoms with Gasteiger partial charge in [0.15, 0.2) is 0 Å². The smallest absolute Gasteiger partial charge is 0.234 e. The molecule has 0 saturated carbocycles. The molecule has 1 N–H and O–H groups in total. The van der Waals surface area contributed by atoms with E-state index >= 15 is 0 Å². The van der Waals surface area contributed by atoms with Crippen molar-refractivity contribution in [3.8, 4) is 0 Å². The van der Waals surface area contributed by atoms with Gasteiger partial charge in [0.2, 0.25) is 12.2 Å². The zero-order valence-corrected chi connectivity index (χ0v) is 7.18. The van der Waals surface area contributed by atoms with Gasteiger partial charge in [0, 0.05) is 17.2 Å².